The Morgan fingerprint density at radius 2 is 1.87 bits per heavy atom. The number of hydrogen-bond donors (Lipinski definition) is 0. The Morgan fingerprint density at radius 3 is 2.55 bits per heavy atom. The van der Waals surface area contributed by atoms with E-state index in [1.54, 1.807) is 11.6 Å². The summed E-state index contributed by atoms with van der Waals surface area (Å²) in [5.74, 6) is 0.311. The number of carbonyl (C=O) groups excluding carboxylic acids is 1. The Hall–Kier alpha value is -3.49. The van der Waals surface area contributed by atoms with Crippen LogP contribution in [-0.2, 0) is 18.4 Å². The number of nitrogens with zero attached hydrogens (tertiary/aromatic N) is 6. The molecule has 31 heavy (non-hydrogen) atoms. The number of imidazole rings is 1. The van der Waals surface area contributed by atoms with Gasteiger partial charge < -0.3 is 0 Å². The van der Waals surface area contributed by atoms with Crippen LogP contribution in [-0.4, -0.2) is 36.7 Å². The third kappa shape index (κ3) is 3.30. The average Bonchev–Trinajstić information content (AvgIpc) is 3.11. The summed E-state index contributed by atoms with van der Waals surface area (Å²) in [6.45, 7) is 9.41. The van der Waals surface area contributed by atoms with Crippen LogP contribution < -0.4 is 16.3 Å². The van der Waals surface area contributed by atoms with Gasteiger partial charge in [-0.1, -0.05) is 23.8 Å². The maximum absolute atomic E-state index is 13.6. The molecule has 0 unspecified atom stereocenters. The third-order valence-corrected chi connectivity index (χ3v) is 5.86. The van der Waals surface area contributed by atoms with Gasteiger partial charge in [-0.3, -0.25) is 23.3 Å². The van der Waals surface area contributed by atoms with Gasteiger partial charge in [0.1, 0.15) is 6.54 Å². The predicted octanol–water partition coefficient (Wildman–Crippen LogP) is 1.91. The van der Waals surface area contributed by atoms with Crippen molar-refractivity contribution in [3.8, 4) is 0 Å². The molecule has 2 aromatic heterocycles. The normalized spacial score (nSPS) is 15.9. The van der Waals surface area contributed by atoms with E-state index in [9.17, 15) is 14.4 Å². The van der Waals surface area contributed by atoms with E-state index in [4.69, 9.17) is 0 Å². The molecule has 9 nitrogen and oxygen atoms in total. The van der Waals surface area contributed by atoms with Crippen LogP contribution in [0.3, 0.4) is 0 Å². The van der Waals surface area contributed by atoms with Crippen molar-refractivity contribution in [3.05, 3.63) is 55.7 Å². The largest absolute Gasteiger partial charge is 0.332 e. The Morgan fingerprint density at radius 1 is 1.16 bits per heavy atom. The van der Waals surface area contributed by atoms with E-state index in [-0.39, 0.29) is 30.6 Å². The van der Waals surface area contributed by atoms with Gasteiger partial charge in [-0.2, -0.15) is 10.1 Å². The second-order valence-electron chi connectivity index (χ2n) is 8.29. The summed E-state index contributed by atoms with van der Waals surface area (Å²) in [5, 5.41) is 5.98. The Kier molecular flexibility index (Phi) is 4.91. The molecule has 1 aliphatic rings. The first kappa shape index (κ1) is 20.8. The fourth-order valence-corrected chi connectivity index (χ4v) is 3.98. The molecule has 0 saturated carbocycles. The molecule has 4 rings (SSSR count). The molecule has 0 saturated heterocycles. The van der Waals surface area contributed by atoms with E-state index in [1.807, 2.05) is 45.9 Å². The van der Waals surface area contributed by atoms with Crippen LogP contribution in [0.5, 0.6) is 0 Å². The standard InChI is InChI=1S/C22H26N6O3/c1-12-7-8-13(2)17(9-12)11-26-20(30)18-19(25(6)22(26)31)23-21-27(10-14(3)29)24-15(4)16(5)28(18)21/h7-9,16H,10-11H2,1-6H3/t16-/m0/s1. The van der Waals surface area contributed by atoms with E-state index in [1.165, 1.54) is 21.1 Å². The summed E-state index contributed by atoms with van der Waals surface area (Å²) in [5.41, 5.74) is 3.53. The molecule has 0 amide bonds. The number of benzene rings is 1. The lowest BCUT2D eigenvalue weighted by Gasteiger charge is -2.28. The molecular weight excluding hydrogens is 396 g/mol. The highest BCUT2D eigenvalue weighted by molar-refractivity contribution is 5.92. The summed E-state index contributed by atoms with van der Waals surface area (Å²) in [6.07, 6.45) is 0. The van der Waals surface area contributed by atoms with Crippen molar-refractivity contribution in [2.75, 3.05) is 11.6 Å². The van der Waals surface area contributed by atoms with Gasteiger partial charge >= 0.3 is 5.69 Å². The van der Waals surface area contributed by atoms with E-state index in [0.717, 1.165) is 22.4 Å². The first-order valence-electron chi connectivity index (χ1n) is 10.2. The summed E-state index contributed by atoms with van der Waals surface area (Å²) < 4.78 is 4.42. The second-order valence-corrected chi connectivity index (χ2v) is 8.29. The zero-order valence-electron chi connectivity index (χ0n) is 18.6. The van der Waals surface area contributed by atoms with Gasteiger partial charge in [-0.15, -0.1) is 0 Å². The molecule has 0 aliphatic carbocycles. The zero-order valence-corrected chi connectivity index (χ0v) is 18.6. The van der Waals surface area contributed by atoms with E-state index < -0.39 is 11.2 Å². The monoisotopic (exact) mass is 422 g/mol. The average molecular weight is 422 g/mol. The van der Waals surface area contributed by atoms with Crippen LogP contribution in [0.15, 0.2) is 32.9 Å². The van der Waals surface area contributed by atoms with Gasteiger partial charge in [0.15, 0.2) is 16.9 Å². The van der Waals surface area contributed by atoms with Gasteiger partial charge in [-0.05, 0) is 45.7 Å². The minimum atomic E-state index is -0.433. The van der Waals surface area contributed by atoms with Crippen LogP contribution in [0.2, 0.25) is 0 Å². The molecule has 1 aromatic carbocycles. The lowest BCUT2D eigenvalue weighted by molar-refractivity contribution is -0.115. The minimum absolute atomic E-state index is 0.0397. The van der Waals surface area contributed by atoms with Gasteiger partial charge in [0.05, 0.1) is 18.3 Å². The van der Waals surface area contributed by atoms with Crippen molar-refractivity contribution in [3.63, 3.8) is 0 Å². The Bertz CT molecular complexity index is 1370. The van der Waals surface area contributed by atoms with Crippen molar-refractivity contribution in [1.82, 2.24) is 18.7 Å². The van der Waals surface area contributed by atoms with Crippen LogP contribution in [0.25, 0.3) is 11.2 Å². The van der Waals surface area contributed by atoms with Crippen molar-refractivity contribution in [1.29, 1.82) is 0 Å². The zero-order chi connectivity index (χ0) is 22.6. The van der Waals surface area contributed by atoms with Gasteiger partial charge in [-0.25, -0.2) is 9.80 Å². The first-order valence-corrected chi connectivity index (χ1v) is 10.2. The molecule has 162 valence electrons. The lowest BCUT2D eigenvalue weighted by atomic mass is 10.1. The maximum atomic E-state index is 13.6. The molecule has 3 heterocycles. The number of hydrazone groups is 1. The number of anilines is 1. The summed E-state index contributed by atoms with van der Waals surface area (Å²) in [4.78, 5) is 43.0. The fourth-order valence-electron chi connectivity index (χ4n) is 3.98. The van der Waals surface area contributed by atoms with Crippen LogP contribution in [0.1, 0.15) is 43.5 Å². The maximum Gasteiger partial charge on any atom is 0.332 e. The van der Waals surface area contributed by atoms with Gasteiger partial charge in [0.25, 0.3) is 5.56 Å². The second kappa shape index (κ2) is 7.33. The van der Waals surface area contributed by atoms with Gasteiger partial charge in [0.2, 0.25) is 5.95 Å². The molecule has 1 aliphatic heterocycles. The minimum Gasteiger partial charge on any atom is -0.298 e. The van der Waals surface area contributed by atoms with E-state index in [2.05, 4.69) is 10.1 Å². The van der Waals surface area contributed by atoms with Gasteiger partial charge in [0, 0.05) is 7.05 Å². The Labute approximate surface area is 179 Å². The number of aryl methyl sites for hydroxylation is 3. The number of rotatable bonds is 4. The van der Waals surface area contributed by atoms with E-state index >= 15 is 0 Å². The molecule has 9 heteroatoms. The SMILES string of the molecule is CC(=O)CN1N=C(C)[C@H](C)n2c1nc1c2c(=O)n(Cc2cc(C)ccc2C)c(=O)n1C. The van der Waals surface area contributed by atoms with Crippen molar-refractivity contribution in [2.24, 2.45) is 12.1 Å². The highest BCUT2D eigenvalue weighted by Gasteiger charge is 2.31. The molecule has 3 aromatic rings. The molecule has 0 radical (unpaired) electrons. The fraction of sp³-hybridized carbons (Fsp3) is 0.409. The molecule has 1 atom stereocenters. The number of fused-ring (bicyclic) bond motifs is 3. The first-order chi connectivity index (χ1) is 14.6. The number of aromatic nitrogens is 4. The van der Waals surface area contributed by atoms with Crippen molar-refractivity contribution >= 4 is 28.6 Å². The van der Waals surface area contributed by atoms with Crippen LogP contribution >= 0.6 is 0 Å². The Balaban J connectivity index is 1.99. The molecule has 0 N–H and O–H groups in total. The van der Waals surface area contributed by atoms with Crippen LogP contribution in [0.4, 0.5) is 5.95 Å². The third-order valence-electron chi connectivity index (χ3n) is 5.86. The van der Waals surface area contributed by atoms with Crippen LogP contribution in [0, 0.1) is 13.8 Å². The summed E-state index contributed by atoms with van der Waals surface area (Å²) >= 11 is 0. The van der Waals surface area contributed by atoms with Crippen molar-refractivity contribution < 1.29 is 4.79 Å². The predicted molar refractivity (Wildman–Crippen MR) is 120 cm³/mol. The molecule has 0 bridgehead atoms. The number of Topliss-reactive ketones (excluding diaryl/α,β-unsaturated/α-hetero) is 1. The number of ketones is 1. The highest BCUT2D eigenvalue weighted by atomic mass is 16.2. The molecular formula is C22H26N6O3. The lowest BCUT2D eigenvalue weighted by Crippen LogP contribution is -2.41. The quantitative estimate of drug-likeness (QED) is 0.640. The molecule has 0 spiro atoms. The topological polar surface area (TPSA) is 94.5 Å². The van der Waals surface area contributed by atoms with E-state index in [0.29, 0.717) is 11.5 Å². The summed E-state index contributed by atoms with van der Waals surface area (Å²) in [7, 11) is 1.61. The number of hydrogen-bond acceptors (Lipinski definition) is 6. The summed E-state index contributed by atoms with van der Waals surface area (Å²) in [6, 6.07) is 5.75. The smallest absolute Gasteiger partial charge is 0.298 e. The highest BCUT2D eigenvalue weighted by Crippen LogP contribution is 2.29. The number of carbonyl (C=O) groups is 1. The molecule has 0 fully saturated rings. The van der Waals surface area contributed by atoms with Crippen molar-refractivity contribution in [2.45, 2.75) is 47.2 Å².